The molecule has 1 fully saturated rings. The highest BCUT2D eigenvalue weighted by Gasteiger charge is 2.25. The monoisotopic (exact) mass is 271 g/mol. The fraction of sp³-hybridized carbons (Fsp3) is 0.438. The van der Waals surface area contributed by atoms with Crippen molar-refractivity contribution >= 4 is 0 Å². The van der Waals surface area contributed by atoms with Crippen molar-refractivity contribution in [2.24, 2.45) is 5.73 Å². The number of ether oxygens (including phenoxy) is 1. The first-order valence-corrected chi connectivity index (χ1v) is 7.15. The lowest BCUT2D eigenvalue weighted by Gasteiger charge is -2.13. The molecule has 4 nitrogen and oxygen atoms in total. The molecule has 1 saturated carbocycles. The summed E-state index contributed by atoms with van der Waals surface area (Å²) in [5.74, 6) is 0.915. The number of rotatable bonds is 5. The number of imidazole rings is 1. The molecule has 1 atom stereocenters. The predicted molar refractivity (Wildman–Crippen MR) is 78.6 cm³/mol. The van der Waals surface area contributed by atoms with Crippen molar-refractivity contribution in [3.8, 4) is 5.75 Å². The van der Waals surface area contributed by atoms with Crippen molar-refractivity contribution in [3.63, 3.8) is 0 Å². The first-order chi connectivity index (χ1) is 9.65. The molecule has 1 aromatic carbocycles. The molecule has 0 radical (unpaired) electrons. The van der Waals surface area contributed by atoms with Gasteiger partial charge in [0.25, 0.3) is 0 Å². The van der Waals surface area contributed by atoms with Gasteiger partial charge < -0.3 is 15.0 Å². The van der Waals surface area contributed by atoms with Crippen molar-refractivity contribution < 1.29 is 4.74 Å². The van der Waals surface area contributed by atoms with E-state index in [0.29, 0.717) is 12.6 Å². The lowest BCUT2D eigenvalue weighted by molar-refractivity contribution is 0.293. The quantitative estimate of drug-likeness (QED) is 0.909. The molecule has 4 heteroatoms. The maximum Gasteiger partial charge on any atom is 0.130 e. The van der Waals surface area contributed by atoms with Crippen LogP contribution in [-0.4, -0.2) is 9.55 Å². The normalized spacial score (nSPS) is 16.1. The number of aryl methyl sites for hydroxylation is 1. The van der Waals surface area contributed by atoms with Crippen LogP contribution in [0, 0.1) is 6.92 Å². The highest BCUT2D eigenvalue weighted by molar-refractivity contribution is 5.37. The zero-order valence-corrected chi connectivity index (χ0v) is 12.0. The Morgan fingerprint density at radius 3 is 2.90 bits per heavy atom. The second kappa shape index (κ2) is 5.29. The summed E-state index contributed by atoms with van der Waals surface area (Å²) in [7, 11) is 0. The Kier molecular flexibility index (Phi) is 3.49. The molecular weight excluding hydrogens is 250 g/mol. The summed E-state index contributed by atoms with van der Waals surface area (Å²) in [5.41, 5.74) is 9.29. The van der Waals surface area contributed by atoms with Crippen molar-refractivity contribution in [1.82, 2.24) is 9.55 Å². The van der Waals surface area contributed by atoms with Crippen LogP contribution in [0.15, 0.2) is 30.7 Å². The van der Waals surface area contributed by atoms with Gasteiger partial charge in [0.1, 0.15) is 12.4 Å². The largest absolute Gasteiger partial charge is 0.487 e. The van der Waals surface area contributed by atoms with Gasteiger partial charge in [-0.05, 0) is 43.9 Å². The first kappa shape index (κ1) is 13.2. The highest BCUT2D eigenvalue weighted by Crippen LogP contribution is 2.35. The van der Waals surface area contributed by atoms with E-state index in [4.69, 9.17) is 10.5 Å². The number of nitrogens with two attached hydrogens (primary N) is 1. The van der Waals surface area contributed by atoms with Gasteiger partial charge in [-0.2, -0.15) is 0 Å². The molecule has 20 heavy (non-hydrogen) atoms. The molecule has 1 heterocycles. The van der Waals surface area contributed by atoms with Gasteiger partial charge in [0.2, 0.25) is 0 Å². The molecule has 106 valence electrons. The molecule has 0 unspecified atom stereocenters. The van der Waals surface area contributed by atoms with Gasteiger partial charge in [-0.1, -0.05) is 12.1 Å². The smallest absolute Gasteiger partial charge is 0.130 e. The molecule has 3 rings (SSSR count). The van der Waals surface area contributed by atoms with Crippen LogP contribution in [0.5, 0.6) is 5.75 Å². The summed E-state index contributed by atoms with van der Waals surface area (Å²) < 4.78 is 8.16. The number of hydrogen-bond acceptors (Lipinski definition) is 3. The average Bonchev–Trinajstić information content (AvgIpc) is 3.16. The van der Waals surface area contributed by atoms with E-state index in [0.717, 1.165) is 22.6 Å². The van der Waals surface area contributed by atoms with Crippen LogP contribution in [0.4, 0.5) is 0 Å². The third-order valence-corrected chi connectivity index (χ3v) is 3.79. The van der Waals surface area contributed by atoms with Gasteiger partial charge in [-0.15, -0.1) is 0 Å². The molecule has 0 amide bonds. The third-order valence-electron chi connectivity index (χ3n) is 3.79. The summed E-state index contributed by atoms with van der Waals surface area (Å²) in [5, 5.41) is 0. The summed E-state index contributed by atoms with van der Waals surface area (Å²) in [6.07, 6.45) is 6.31. The Balaban J connectivity index is 1.70. The first-order valence-electron chi connectivity index (χ1n) is 7.15. The molecule has 2 N–H and O–H groups in total. The maximum atomic E-state index is 5.93. The fourth-order valence-electron chi connectivity index (χ4n) is 2.39. The van der Waals surface area contributed by atoms with Gasteiger partial charge in [0, 0.05) is 12.1 Å². The molecule has 2 aromatic rings. The summed E-state index contributed by atoms with van der Waals surface area (Å²) >= 11 is 0. The molecule has 0 saturated heterocycles. The van der Waals surface area contributed by atoms with Crippen molar-refractivity contribution in [1.29, 1.82) is 0 Å². The number of hydrogen-bond donors (Lipinski definition) is 1. The molecular formula is C16H21N3O. The van der Waals surface area contributed by atoms with Gasteiger partial charge in [-0.3, -0.25) is 0 Å². The predicted octanol–water partition coefficient (Wildman–Crippen LogP) is 3.13. The molecule has 0 spiro atoms. The zero-order valence-electron chi connectivity index (χ0n) is 12.0. The third kappa shape index (κ3) is 2.70. The number of aromatic nitrogens is 2. The molecule has 0 bridgehead atoms. The average molecular weight is 271 g/mol. The van der Waals surface area contributed by atoms with E-state index in [-0.39, 0.29) is 6.04 Å². The maximum absolute atomic E-state index is 5.93. The van der Waals surface area contributed by atoms with Crippen LogP contribution in [0.2, 0.25) is 0 Å². The van der Waals surface area contributed by atoms with Crippen LogP contribution in [0.1, 0.15) is 48.7 Å². The van der Waals surface area contributed by atoms with Gasteiger partial charge >= 0.3 is 0 Å². The summed E-state index contributed by atoms with van der Waals surface area (Å²) in [4.78, 5) is 4.22. The van der Waals surface area contributed by atoms with Gasteiger partial charge in [-0.25, -0.2) is 4.98 Å². The van der Waals surface area contributed by atoms with E-state index >= 15 is 0 Å². The molecule has 1 aliphatic rings. The van der Waals surface area contributed by atoms with E-state index in [1.807, 2.05) is 31.6 Å². The Hall–Kier alpha value is -1.81. The van der Waals surface area contributed by atoms with Crippen LogP contribution in [0.25, 0.3) is 0 Å². The SMILES string of the molecule is Cc1cc([C@H](C)N)ccc1OCc1cncn1C1CC1. The lowest BCUT2D eigenvalue weighted by Crippen LogP contribution is -2.07. The Morgan fingerprint density at radius 1 is 1.45 bits per heavy atom. The minimum Gasteiger partial charge on any atom is -0.487 e. The second-order valence-electron chi connectivity index (χ2n) is 5.63. The standard InChI is InChI=1S/C16H21N3O/c1-11-7-13(12(2)17)3-6-16(11)20-9-15-8-18-10-19(15)14-4-5-14/h3,6-8,10,12,14H,4-5,9,17H2,1-2H3/t12-/m0/s1. The molecule has 1 aliphatic carbocycles. The van der Waals surface area contributed by atoms with Crippen LogP contribution >= 0.6 is 0 Å². The van der Waals surface area contributed by atoms with E-state index in [1.54, 1.807) is 0 Å². The minimum absolute atomic E-state index is 0.0547. The van der Waals surface area contributed by atoms with Crippen LogP contribution in [0.3, 0.4) is 0 Å². The van der Waals surface area contributed by atoms with E-state index < -0.39 is 0 Å². The Morgan fingerprint density at radius 2 is 2.25 bits per heavy atom. The van der Waals surface area contributed by atoms with E-state index in [1.165, 1.54) is 12.8 Å². The topological polar surface area (TPSA) is 53.1 Å². The fourth-order valence-corrected chi connectivity index (χ4v) is 2.39. The van der Waals surface area contributed by atoms with Gasteiger partial charge in [0.05, 0.1) is 18.2 Å². The lowest BCUT2D eigenvalue weighted by atomic mass is 10.1. The Bertz CT molecular complexity index is 600. The van der Waals surface area contributed by atoms with Crippen molar-refractivity contribution in [3.05, 3.63) is 47.5 Å². The van der Waals surface area contributed by atoms with Crippen molar-refractivity contribution in [2.45, 2.75) is 45.4 Å². The number of nitrogens with zero attached hydrogens (tertiary/aromatic N) is 2. The van der Waals surface area contributed by atoms with Gasteiger partial charge in [0.15, 0.2) is 0 Å². The minimum atomic E-state index is 0.0547. The Labute approximate surface area is 119 Å². The van der Waals surface area contributed by atoms with E-state index in [2.05, 4.69) is 22.5 Å². The number of benzene rings is 1. The summed E-state index contributed by atoms with van der Waals surface area (Å²) in [6.45, 7) is 4.61. The zero-order chi connectivity index (χ0) is 14.1. The van der Waals surface area contributed by atoms with Crippen molar-refractivity contribution in [2.75, 3.05) is 0 Å². The van der Waals surface area contributed by atoms with Crippen LogP contribution < -0.4 is 10.5 Å². The molecule has 0 aliphatic heterocycles. The van der Waals surface area contributed by atoms with Crippen LogP contribution in [-0.2, 0) is 6.61 Å². The molecule has 1 aromatic heterocycles. The second-order valence-corrected chi connectivity index (χ2v) is 5.63. The summed E-state index contributed by atoms with van der Waals surface area (Å²) in [6, 6.07) is 6.83. The highest BCUT2D eigenvalue weighted by atomic mass is 16.5. The van der Waals surface area contributed by atoms with E-state index in [9.17, 15) is 0 Å².